The van der Waals surface area contributed by atoms with E-state index in [2.05, 4.69) is 19.9 Å². The molecule has 100 valence electrons. The average Bonchev–Trinajstić information content (AvgIpc) is 2.82. The molecule has 5 N–H and O–H groups in total. The van der Waals surface area contributed by atoms with Gasteiger partial charge in [0.25, 0.3) is 0 Å². The monoisotopic (exact) mass is 266 g/mol. The fourth-order valence-corrected chi connectivity index (χ4v) is 2.20. The van der Waals surface area contributed by atoms with Crippen molar-refractivity contribution >= 4 is 39.5 Å². The molecule has 0 saturated heterocycles. The van der Waals surface area contributed by atoms with Gasteiger partial charge < -0.3 is 16.5 Å². The minimum absolute atomic E-state index is 0.480. The first-order chi connectivity index (χ1) is 9.72. The fourth-order valence-electron chi connectivity index (χ4n) is 2.20. The van der Waals surface area contributed by atoms with E-state index in [4.69, 9.17) is 11.5 Å². The van der Waals surface area contributed by atoms with Crippen LogP contribution in [0.5, 0.6) is 0 Å². The third-order valence-corrected chi connectivity index (χ3v) is 3.14. The molecule has 0 aliphatic heterocycles. The highest BCUT2D eigenvalue weighted by molar-refractivity contribution is 6.12. The Morgan fingerprint density at radius 3 is 2.85 bits per heavy atom. The van der Waals surface area contributed by atoms with Gasteiger partial charge >= 0.3 is 0 Å². The van der Waals surface area contributed by atoms with Crippen LogP contribution in [0.25, 0.3) is 27.5 Å². The molecule has 3 heterocycles. The van der Waals surface area contributed by atoms with E-state index in [1.54, 1.807) is 25.7 Å². The number of pyridine rings is 2. The zero-order valence-electron chi connectivity index (χ0n) is 11.0. The molecule has 0 radical (unpaired) electrons. The molecule has 0 amide bonds. The second kappa shape index (κ2) is 4.65. The third-order valence-electron chi connectivity index (χ3n) is 3.14. The number of H-pyrrole nitrogens is 1. The molecule has 0 saturated carbocycles. The largest absolute Gasteiger partial charge is 0.404 e. The second-order valence-corrected chi connectivity index (χ2v) is 4.41. The topological polar surface area (TPSA) is 106 Å². The summed E-state index contributed by atoms with van der Waals surface area (Å²) in [6.07, 6.45) is 6.68. The Labute approximate surface area is 115 Å². The molecule has 0 aliphatic rings. The van der Waals surface area contributed by atoms with Gasteiger partial charge in [-0.25, -0.2) is 9.97 Å². The first-order valence-electron chi connectivity index (χ1n) is 6.10. The SMILES string of the molecule is CN=CC(=CN)c1cnc2[nH]c3cnc(N)cc3c2c1. The number of aromatic nitrogens is 3. The smallest absolute Gasteiger partial charge is 0.138 e. The molecular formula is C14H14N6. The van der Waals surface area contributed by atoms with E-state index in [9.17, 15) is 0 Å². The van der Waals surface area contributed by atoms with Crippen LogP contribution in [-0.4, -0.2) is 28.2 Å². The van der Waals surface area contributed by atoms with Crippen LogP contribution in [0.3, 0.4) is 0 Å². The summed E-state index contributed by atoms with van der Waals surface area (Å²) in [6, 6.07) is 3.85. The summed E-state index contributed by atoms with van der Waals surface area (Å²) in [5.41, 5.74) is 14.8. The highest BCUT2D eigenvalue weighted by Gasteiger charge is 2.08. The Morgan fingerprint density at radius 1 is 1.25 bits per heavy atom. The van der Waals surface area contributed by atoms with Gasteiger partial charge in [-0.3, -0.25) is 4.99 Å². The molecule has 0 spiro atoms. The van der Waals surface area contributed by atoms with Crippen molar-refractivity contribution in [2.45, 2.75) is 0 Å². The number of allylic oxidation sites excluding steroid dienone is 1. The van der Waals surface area contributed by atoms with Crippen LogP contribution in [0, 0.1) is 0 Å². The van der Waals surface area contributed by atoms with Gasteiger partial charge in [-0.15, -0.1) is 0 Å². The van der Waals surface area contributed by atoms with E-state index in [-0.39, 0.29) is 0 Å². The second-order valence-electron chi connectivity index (χ2n) is 4.41. The first-order valence-corrected chi connectivity index (χ1v) is 6.10. The summed E-state index contributed by atoms with van der Waals surface area (Å²) in [5.74, 6) is 0.480. The number of fused-ring (bicyclic) bond motifs is 3. The van der Waals surface area contributed by atoms with Gasteiger partial charge in [0.2, 0.25) is 0 Å². The first kappa shape index (κ1) is 12.2. The number of hydrogen-bond acceptors (Lipinski definition) is 5. The summed E-state index contributed by atoms with van der Waals surface area (Å²) in [5, 5.41) is 1.97. The van der Waals surface area contributed by atoms with Crippen molar-refractivity contribution in [3.8, 4) is 0 Å². The Hall–Kier alpha value is -2.89. The van der Waals surface area contributed by atoms with Crippen molar-refractivity contribution in [3.05, 3.63) is 36.3 Å². The van der Waals surface area contributed by atoms with Crippen molar-refractivity contribution in [2.75, 3.05) is 12.8 Å². The molecule has 3 aromatic rings. The van der Waals surface area contributed by atoms with Crippen LogP contribution in [-0.2, 0) is 0 Å². The van der Waals surface area contributed by atoms with Crippen molar-refractivity contribution < 1.29 is 0 Å². The summed E-state index contributed by atoms with van der Waals surface area (Å²) >= 11 is 0. The molecule has 0 atom stereocenters. The van der Waals surface area contributed by atoms with E-state index in [1.165, 1.54) is 6.20 Å². The number of nitrogens with zero attached hydrogens (tertiary/aromatic N) is 3. The number of nitrogens with one attached hydrogen (secondary N) is 1. The quantitative estimate of drug-likeness (QED) is 0.613. The lowest BCUT2D eigenvalue weighted by Crippen LogP contribution is -1.92. The number of anilines is 1. The molecule has 6 nitrogen and oxygen atoms in total. The van der Waals surface area contributed by atoms with Gasteiger partial charge in [-0.2, -0.15) is 0 Å². The van der Waals surface area contributed by atoms with E-state index in [0.29, 0.717) is 5.82 Å². The predicted molar refractivity (Wildman–Crippen MR) is 82.4 cm³/mol. The van der Waals surface area contributed by atoms with Gasteiger partial charge in [-0.1, -0.05) is 0 Å². The average molecular weight is 266 g/mol. The molecule has 0 fully saturated rings. The maximum absolute atomic E-state index is 5.75. The third kappa shape index (κ3) is 1.87. The number of aliphatic imine (C=N–C) groups is 1. The van der Waals surface area contributed by atoms with Crippen molar-refractivity contribution in [1.29, 1.82) is 0 Å². The van der Waals surface area contributed by atoms with E-state index < -0.39 is 0 Å². The minimum Gasteiger partial charge on any atom is -0.404 e. The fraction of sp³-hybridized carbons (Fsp3) is 0.0714. The summed E-state index contributed by atoms with van der Waals surface area (Å²) in [6.45, 7) is 0. The van der Waals surface area contributed by atoms with E-state index in [1.807, 2.05) is 12.1 Å². The van der Waals surface area contributed by atoms with Gasteiger partial charge in [0.15, 0.2) is 0 Å². The molecule has 6 heteroatoms. The number of rotatable bonds is 2. The Balaban J connectivity index is 2.28. The Kier molecular flexibility index (Phi) is 2.83. The summed E-state index contributed by atoms with van der Waals surface area (Å²) in [4.78, 5) is 15.7. The molecule has 3 rings (SSSR count). The zero-order valence-corrected chi connectivity index (χ0v) is 11.0. The number of nitrogens with two attached hydrogens (primary N) is 2. The molecule has 0 aromatic carbocycles. The highest BCUT2D eigenvalue weighted by Crippen LogP contribution is 2.26. The maximum Gasteiger partial charge on any atom is 0.138 e. The van der Waals surface area contributed by atoms with Gasteiger partial charge in [0.1, 0.15) is 11.5 Å². The molecule has 0 unspecified atom stereocenters. The van der Waals surface area contributed by atoms with Crippen LogP contribution in [0.1, 0.15) is 5.56 Å². The van der Waals surface area contributed by atoms with Crippen LogP contribution in [0.15, 0.2) is 35.7 Å². The van der Waals surface area contributed by atoms with E-state index in [0.717, 1.165) is 33.1 Å². The molecule has 0 bridgehead atoms. The summed E-state index contributed by atoms with van der Waals surface area (Å²) in [7, 11) is 1.70. The molecule has 0 aliphatic carbocycles. The van der Waals surface area contributed by atoms with Gasteiger partial charge in [0, 0.05) is 47.6 Å². The molecule has 3 aromatic heterocycles. The highest BCUT2D eigenvalue weighted by atomic mass is 14.9. The predicted octanol–water partition coefficient (Wildman–Crippen LogP) is 1.69. The molecular weight excluding hydrogens is 252 g/mol. The standard InChI is InChI=1S/C14H14N6/c1-17-5-9(4-15)8-2-11-10-3-13(16)18-7-12(10)20-14(11)19-6-8/h2-7H,15H2,1H3,(H2,16,18)(H,19,20). The zero-order chi connectivity index (χ0) is 14.1. The van der Waals surface area contributed by atoms with Crippen molar-refractivity contribution in [2.24, 2.45) is 10.7 Å². The molecule has 20 heavy (non-hydrogen) atoms. The van der Waals surface area contributed by atoms with Crippen LogP contribution in [0.4, 0.5) is 5.82 Å². The Morgan fingerprint density at radius 2 is 2.10 bits per heavy atom. The Bertz CT molecular complexity index is 843. The van der Waals surface area contributed by atoms with Crippen LogP contribution in [0.2, 0.25) is 0 Å². The lowest BCUT2D eigenvalue weighted by atomic mass is 10.1. The number of aromatic amines is 1. The van der Waals surface area contributed by atoms with Gasteiger partial charge in [-0.05, 0) is 12.1 Å². The van der Waals surface area contributed by atoms with Gasteiger partial charge in [0.05, 0.1) is 11.7 Å². The minimum atomic E-state index is 0.480. The van der Waals surface area contributed by atoms with Crippen molar-refractivity contribution in [1.82, 2.24) is 15.0 Å². The number of nitrogen functional groups attached to an aromatic ring is 1. The van der Waals surface area contributed by atoms with Crippen LogP contribution >= 0.6 is 0 Å². The van der Waals surface area contributed by atoms with Crippen LogP contribution < -0.4 is 11.5 Å². The van der Waals surface area contributed by atoms with E-state index >= 15 is 0 Å². The summed E-state index contributed by atoms with van der Waals surface area (Å²) < 4.78 is 0. The normalized spacial score (nSPS) is 12.8. The van der Waals surface area contributed by atoms with Crippen molar-refractivity contribution in [3.63, 3.8) is 0 Å². The maximum atomic E-state index is 5.75. The lowest BCUT2D eigenvalue weighted by Gasteiger charge is -2.01. The number of hydrogen-bond donors (Lipinski definition) is 3. The lowest BCUT2D eigenvalue weighted by molar-refractivity contribution is 1.31.